The van der Waals surface area contributed by atoms with Gasteiger partial charge in [-0.25, -0.2) is 0 Å². The number of aryl methyl sites for hydroxylation is 1. The molecule has 34 heavy (non-hydrogen) atoms. The highest BCUT2D eigenvalue weighted by Crippen LogP contribution is 2.25. The third-order valence-electron chi connectivity index (χ3n) is 6.21. The average Bonchev–Trinajstić information content (AvgIpc) is 3.28. The summed E-state index contributed by atoms with van der Waals surface area (Å²) in [5.74, 6) is -0.298. The Kier molecular flexibility index (Phi) is 6.02. The van der Waals surface area contributed by atoms with Gasteiger partial charge in [0.1, 0.15) is 5.69 Å². The summed E-state index contributed by atoms with van der Waals surface area (Å²) in [7, 11) is 0. The number of hydrogen-bond donors (Lipinski definition) is 1. The van der Waals surface area contributed by atoms with Gasteiger partial charge in [0.15, 0.2) is 0 Å². The molecule has 1 fully saturated rings. The van der Waals surface area contributed by atoms with E-state index in [0.717, 1.165) is 16.6 Å². The number of carbonyl (C=O) groups excluding carboxylic acids is 2. The number of anilines is 2. The Morgan fingerprint density at radius 3 is 2.65 bits per heavy atom. The predicted molar refractivity (Wildman–Crippen MR) is 138 cm³/mol. The van der Waals surface area contributed by atoms with Crippen LogP contribution in [0.3, 0.4) is 0 Å². The molecule has 1 aromatic heterocycles. The highest BCUT2D eigenvalue weighted by molar-refractivity contribution is 7.13. The predicted octanol–water partition coefficient (Wildman–Crippen LogP) is 5.21. The fourth-order valence-electron chi connectivity index (χ4n) is 4.48. The van der Waals surface area contributed by atoms with E-state index in [1.54, 1.807) is 24.3 Å². The molecule has 3 aromatic carbocycles. The molecular formula is C27H26N4O2S. The van der Waals surface area contributed by atoms with Gasteiger partial charge in [-0.2, -0.15) is 4.37 Å². The van der Waals surface area contributed by atoms with Crippen LogP contribution in [0, 0.1) is 6.92 Å². The quantitative estimate of drug-likeness (QED) is 0.445. The highest BCUT2D eigenvalue weighted by atomic mass is 32.1. The van der Waals surface area contributed by atoms with Gasteiger partial charge in [0.2, 0.25) is 0 Å². The minimum Gasteiger partial charge on any atom is -0.365 e. The first kappa shape index (κ1) is 22.1. The normalized spacial score (nSPS) is 16.0. The topological polar surface area (TPSA) is 65.5 Å². The molecule has 0 aliphatic carbocycles. The molecule has 7 heteroatoms. The van der Waals surface area contributed by atoms with E-state index in [4.69, 9.17) is 0 Å². The van der Waals surface area contributed by atoms with Crippen molar-refractivity contribution in [2.24, 2.45) is 0 Å². The SMILES string of the molecule is Cc1cccc(N2CCN(C(=O)c3cccc(NC(=O)c4nsc5ccccc45)c3)C[C@H]2C)c1. The molecule has 4 aromatic rings. The minimum atomic E-state index is -0.276. The fraction of sp³-hybridized carbons (Fsp3) is 0.222. The lowest BCUT2D eigenvalue weighted by molar-refractivity contribution is 0.0726. The van der Waals surface area contributed by atoms with Crippen molar-refractivity contribution in [3.63, 3.8) is 0 Å². The van der Waals surface area contributed by atoms with Crippen molar-refractivity contribution in [2.45, 2.75) is 19.9 Å². The molecule has 1 aliphatic heterocycles. The summed E-state index contributed by atoms with van der Waals surface area (Å²) in [4.78, 5) is 30.4. The first-order valence-corrected chi connectivity index (χ1v) is 12.2. The Labute approximate surface area is 203 Å². The Bertz CT molecular complexity index is 1370. The number of nitrogens with one attached hydrogen (secondary N) is 1. The number of nitrogens with zero attached hydrogens (tertiary/aromatic N) is 3. The summed E-state index contributed by atoms with van der Waals surface area (Å²) in [6.45, 7) is 6.32. The molecule has 1 aliphatic rings. The second-order valence-corrected chi connectivity index (χ2v) is 9.50. The van der Waals surface area contributed by atoms with Gasteiger partial charge in [-0.05, 0) is 67.3 Å². The molecule has 1 saturated heterocycles. The van der Waals surface area contributed by atoms with Crippen molar-refractivity contribution in [3.05, 3.63) is 89.6 Å². The molecule has 2 amide bonds. The Morgan fingerprint density at radius 1 is 1.00 bits per heavy atom. The first-order valence-electron chi connectivity index (χ1n) is 11.4. The van der Waals surface area contributed by atoms with Crippen molar-refractivity contribution in [3.8, 4) is 0 Å². The van der Waals surface area contributed by atoms with E-state index in [1.807, 2.05) is 29.2 Å². The maximum Gasteiger partial charge on any atom is 0.276 e. The molecule has 1 N–H and O–H groups in total. The van der Waals surface area contributed by atoms with E-state index in [2.05, 4.69) is 52.7 Å². The van der Waals surface area contributed by atoms with Crippen molar-refractivity contribution >= 4 is 44.8 Å². The maximum atomic E-state index is 13.3. The van der Waals surface area contributed by atoms with Crippen LogP contribution in [0.25, 0.3) is 10.1 Å². The van der Waals surface area contributed by atoms with Gasteiger partial charge in [0.05, 0.1) is 4.70 Å². The van der Waals surface area contributed by atoms with Gasteiger partial charge >= 0.3 is 0 Å². The molecule has 0 unspecified atom stereocenters. The van der Waals surface area contributed by atoms with Gasteiger partial charge in [-0.3, -0.25) is 9.59 Å². The summed E-state index contributed by atoms with van der Waals surface area (Å²) >= 11 is 1.30. The van der Waals surface area contributed by atoms with E-state index >= 15 is 0 Å². The lowest BCUT2D eigenvalue weighted by Gasteiger charge is -2.41. The van der Waals surface area contributed by atoms with Crippen molar-refractivity contribution in [1.82, 2.24) is 9.27 Å². The number of rotatable bonds is 4. The summed E-state index contributed by atoms with van der Waals surface area (Å²) in [5.41, 5.74) is 3.97. The zero-order valence-corrected chi connectivity index (χ0v) is 20.0. The van der Waals surface area contributed by atoms with Gasteiger partial charge in [-0.15, -0.1) is 0 Å². The standard InChI is InChI=1S/C27H26N4O2S/c1-18-7-5-10-22(15-18)31-14-13-30(17-19(31)2)27(33)20-8-6-9-21(16-20)28-26(32)25-23-11-3-4-12-24(23)34-29-25/h3-12,15-16,19H,13-14,17H2,1-2H3,(H,28,32)/t19-/m1/s1. The number of benzene rings is 3. The van der Waals surface area contributed by atoms with Gasteiger partial charge in [0.25, 0.3) is 11.8 Å². The monoisotopic (exact) mass is 470 g/mol. The maximum absolute atomic E-state index is 13.3. The van der Waals surface area contributed by atoms with Crippen LogP contribution in [0.2, 0.25) is 0 Å². The van der Waals surface area contributed by atoms with Gasteiger partial charge < -0.3 is 15.1 Å². The lowest BCUT2D eigenvalue weighted by atomic mass is 10.1. The molecule has 0 radical (unpaired) electrons. The molecule has 5 rings (SSSR count). The van der Waals surface area contributed by atoms with E-state index < -0.39 is 0 Å². The number of fused-ring (bicyclic) bond motifs is 1. The molecule has 0 bridgehead atoms. The Balaban J connectivity index is 1.28. The Hall–Kier alpha value is -3.71. The van der Waals surface area contributed by atoms with Crippen LogP contribution in [-0.2, 0) is 0 Å². The van der Waals surface area contributed by atoms with E-state index in [0.29, 0.717) is 30.0 Å². The third kappa shape index (κ3) is 4.39. The highest BCUT2D eigenvalue weighted by Gasteiger charge is 2.27. The van der Waals surface area contributed by atoms with Crippen molar-refractivity contribution < 1.29 is 9.59 Å². The van der Waals surface area contributed by atoms with E-state index in [1.165, 1.54) is 22.8 Å². The number of piperazine rings is 1. The van der Waals surface area contributed by atoms with Crippen LogP contribution in [0.5, 0.6) is 0 Å². The zero-order chi connectivity index (χ0) is 23.7. The molecule has 2 heterocycles. The summed E-state index contributed by atoms with van der Waals surface area (Å²) in [6.07, 6.45) is 0. The van der Waals surface area contributed by atoms with Crippen LogP contribution in [0.4, 0.5) is 11.4 Å². The number of hydrogen-bond acceptors (Lipinski definition) is 5. The van der Waals surface area contributed by atoms with Gasteiger partial charge in [-0.1, -0.05) is 36.4 Å². The summed E-state index contributed by atoms with van der Waals surface area (Å²) in [5, 5.41) is 3.73. The lowest BCUT2D eigenvalue weighted by Crippen LogP contribution is -2.53. The second kappa shape index (κ2) is 9.27. The number of carbonyl (C=O) groups is 2. The van der Waals surface area contributed by atoms with Crippen LogP contribution >= 0.6 is 11.5 Å². The molecule has 172 valence electrons. The summed E-state index contributed by atoms with van der Waals surface area (Å²) in [6, 6.07) is 23.5. The zero-order valence-electron chi connectivity index (χ0n) is 19.2. The average molecular weight is 471 g/mol. The fourth-order valence-corrected chi connectivity index (χ4v) is 5.26. The summed E-state index contributed by atoms with van der Waals surface area (Å²) < 4.78 is 5.29. The molecule has 0 saturated carbocycles. The largest absolute Gasteiger partial charge is 0.365 e. The molecule has 6 nitrogen and oxygen atoms in total. The smallest absolute Gasteiger partial charge is 0.276 e. The number of aromatic nitrogens is 1. The molecule has 0 spiro atoms. The number of amides is 2. The van der Waals surface area contributed by atoms with Crippen LogP contribution in [0.15, 0.2) is 72.8 Å². The molecule has 1 atom stereocenters. The molecular weight excluding hydrogens is 444 g/mol. The Morgan fingerprint density at radius 2 is 1.82 bits per heavy atom. The van der Waals surface area contributed by atoms with Gasteiger partial charge in [0, 0.05) is 48.0 Å². The van der Waals surface area contributed by atoms with Crippen molar-refractivity contribution in [1.29, 1.82) is 0 Å². The van der Waals surface area contributed by atoms with Crippen LogP contribution in [-0.4, -0.2) is 46.8 Å². The van der Waals surface area contributed by atoms with E-state index in [-0.39, 0.29) is 17.9 Å². The van der Waals surface area contributed by atoms with Crippen molar-refractivity contribution in [2.75, 3.05) is 29.9 Å². The van der Waals surface area contributed by atoms with Crippen LogP contribution < -0.4 is 10.2 Å². The minimum absolute atomic E-state index is 0.0223. The second-order valence-electron chi connectivity index (χ2n) is 8.69. The van der Waals surface area contributed by atoms with Crippen LogP contribution in [0.1, 0.15) is 33.3 Å². The van der Waals surface area contributed by atoms with E-state index in [9.17, 15) is 9.59 Å². The third-order valence-corrected chi connectivity index (χ3v) is 7.03. The first-order chi connectivity index (χ1) is 16.5.